The minimum absolute atomic E-state index is 0.192. The first-order chi connectivity index (χ1) is 7.11. The van der Waals surface area contributed by atoms with Crippen molar-refractivity contribution in [2.75, 3.05) is 6.61 Å². The van der Waals surface area contributed by atoms with E-state index in [2.05, 4.69) is 5.43 Å². The van der Waals surface area contributed by atoms with E-state index in [-0.39, 0.29) is 24.2 Å². The van der Waals surface area contributed by atoms with Gasteiger partial charge in [0.2, 0.25) is 5.91 Å². The van der Waals surface area contributed by atoms with Crippen LogP contribution in [0, 0.1) is 0 Å². The molecule has 1 rings (SSSR count). The number of carbonyl (C=O) groups excluding carboxylic acids is 1. The van der Waals surface area contributed by atoms with Crippen LogP contribution in [-0.2, 0) is 14.3 Å². The van der Waals surface area contributed by atoms with Crippen molar-refractivity contribution < 1.29 is 14.3 Å². The molecule has 88 valence electrons. The first-order valence-corrected chi connectivity index (χ1v) is 5.38. The fraction of sp³-hybridized carbons (Fsp3) is 0.900. The van der Waals surface area contributed by atoms with Crippen LogP contribution in [0.25, 0.3) is 0 Å². The second-order valence-corrected chi connectivity index (χ2v) is 4.04. The van der Waals surface area contributed by atoms with Gasteiger partial charge in [-0.1, -0.05) is 0 Å². The van der Waals surface area contributed by atoms with Crippen LogP contribution in [0.5, 0.6) is 0 Å². The third-order valence-electron chi connectivity index (χ3n) is 2.50. The lowest BCUT2D eigenvalue weighted by atomic mass is 10.0. The van der Waals surface area contributed by atoms with E-state index < -0.39 is 0 Å². The zero-order valence-electron chi connectivity index (χ0n) is 9.36. The monoisotopic (exact) mass is 216 g/mol. The number of hydrogen-bond acceptors (Lipinski definition) is 4. The van der Waals surface area contributed by atoms with E-state index in [1.807, 2.05) is 13.8 Å². The zero-order valence-corrected chi connectivity index (χ0v) is 9.36. The average molecular weight is 216 g/mol. The molecule has 15 heavy (non-hydrogen) atoms. The highest BCUT2D eigenvalue weighted by Gasteiger charge is 2.24. The second kappa shape index (κ2) is 6.05. The molecule has 1 aliphatic rings. The van der Waals surface area contributed by atoms with E-state index >= 15 is 0 Å². The SMILES string of the molecule is CC1CC(OCCC(=O)NN)CC(C)O1. The predicted octanol–water partition coefficient (Wildman–Crippen LogP) is 0.339. The van der Waals surface area contributed by atoms with Gasteiger partial charge in [-0.05, 0) is 26.7 Å². The van der Waals surface area contributed by atoms with Crippen LogP contribution in [0.2, 0.25) is 0 Å². The Hall–Kier alpha value is -0.650. The number of ether oxygens (including phenoxy) is 2. The second-order valence-electron chi connectivity index (χ2n) is 4.04. The van der Waals surface area contributed by atoms with E-state index in [0.717, 1.165) is 12.8 Å². The Labute approximate surface area is 90.3 Å². The van der Waals surface area contributed by atoms with Crippen LogP contribution in [0.1, 0.15) is 33.1 Å². The lowest BCUT2D eigenvalue weighted by molar-refractivity contribution is -0.125. The summed E-state index contributed by atoms with van der Waals surface area (Å²) in [4.78, 5) is 10.8. The molecule has 0 radical (unpaired) electrons. The first kappa shape index (κ1) is 12.4. The van der Waals surface area contributed by atoms with Crippen LogP contribution in [0.15, 0.2) is 0 Å². The molecule has 3 N–H and O–H groups in total. The summed E-state index contributed by atoms with van der Waals surface area (Å²) in [5, 5.41) is 0. The van der Waals surface area contributed by atoms with Crippen molar-refractivity contribution in [2.24, 2.45) is 5.84 Å². The van der Waals surface area contributed by atoms with Gasteiger partial charge in [0, 0.05) is 0 Å². The van der Waals surface area contributed by atoms with Crippen molar-refractivity contribution in [3.8, 4) is 0 Å². The maximum absolute atomic E-state index is 10.8. The quantitative estimate of drug-likeness (QED) is 0.404. The molecule has 1 heterocycles. The van der Waals surface area contributed by atoms with Crippen molar-refractivity contribution in [3.63, 3.8) is 0 Å². The smallest absolute Gasteiger partial charge is 0.236 e. The Morgan fingerprint density at radius 3 is 2.60 bits per heavy atom. The van der Waals surface area contributed by atoms with Crippen LogP contribution in [0.3, 0.4) is 0 Å². The van der Waals surface area contributed by atoms with Gasteiger partial charge >= 0.3 is 0 Å². The summed E-state index contributed by atoms with van der Waals surface area (Å²) >= 11 is 0. The molecule has 0 aromatic heterocycles. The summed E-state index contributed by atoms with van der Waals surface area (Å²) < 4.78 is 11.2. The van der Waals surface area contributed by atoms with Gasteiger partial charge in [-0.3, -0.25) is 10.2 Å². The number of nitrogens with two attached hydrogens (primary N) is 1. The highest BCUT2D eigenvalue weighted by atomic mass is 16.5. The molecule has 0 spiro atoms. The summed E-state index contributed by atoms with van der Waals surface area (Å²) in [6.07, 6.45) is 2.79. The topological polar surface area (TPSA) is 73.6 Å². The number of carbonyl (C=O) groups is 1. The van der Waals surface area contributed by atoms with E-state index in [4.69, 9.17) is 15.3 Å². The Morgan fingerprint density at radius 2 is 2.07 bits per heavy atom. The van der Waals surface area contributed by atoms with Crippen molar-refractivity contribution in [1.82, 2.24) is 5.43 Å². The van der Waals surface area contributed by atoms with Crippen LogP contribution < -0.4 is 11.3 Å². The van der Waals surface area contributed by atoms with E-state index in [9.17, 15) is 4.79 Å². The molecule has 2 unspecified atom stereocenters. The molecule has 0 saturated carbocycles. The Balaban J connectivity index is 2.17. The molecule has 0 aromatic carbocycles. The third-order valence-corrected chi connectivity index (χ3v) is 2.50. The molecule has 0 aromatic rings. The molecule has 1 aliphatic heterocycles. The molecule has 2 atom stereocenters. The molecule has 1 fully saturated rings. The first-order valence-electron chi connectivity index (χ1n) is 5.38. The maximum atomic E-state index is 10.8. The highest BCUT2D eigenvalue weighted by Crippen LogP contribution is 2.21. The van der Waals surface area contributed by atoms with E-state index in [1.54, 1.807) is 0 Å². The van der Waals surface area contributed by atoms with Gasteiger partial charge in [-0.2, -0.15) is 0 Å². The van der Waals surface area contributed by atoms with Crippen molar-refractivity contribution in [2.45, 2.75) is 51.4 Å². The molecular formula is C10H20N2O3. The van der Waals surface area contributed by atoms with Gasteiger partial charge in [0.1, 0.15) is 0 Å². The molecular weight excluding hydrogens is 196 g/mol. The van der Waals surface area contributed by atoms with E-state index in [0.29, 0.717) is 13.0 Å². The summed E-state index contributed by atoms with van der Waals surface area (Å²) in [6.45, 7) is 4.50. The fourth-order valence-electron chi connectivity index (χ4n) is 1.87. The molecule has 5 nitrogen and oxygen atoms in total. The molecule has 0 aliphatic carbocycles. The number of rotatable bonds is 4. The average Bonchev–Trinajstić information content (AvgIpc) is 2.16. The number of hydrogen-bond donors (Lipinski definition) is 2. The highest BCUT2D eigenvalue weighted by molar-refractivity contribution is 5.75. The van der Waals surface area contributed by atoms with Gasteiger partial charge in [-0.15, -0.1) is 0 Å². The summed E-state index contributed by atoms with van der Waals surface area (Å²) in [5.41, 5.74) is 2.08. The van der Waals surface area contributed by atoms with Crippen molar-refractivity contribution in [1.29, 1.82) is 0 Å². The predicted molar refractivity (Wildman–Crippen MR) is 55.9 cm³/mol. The van der Waals surface area contributed by atoms with Gasteiger partial charge in [0.15, 0.2) is 0 Å². The lowest BCUT2D eigenvalue weighted by Crippen LogP contribution is -2.35. The van der Waals surface area contributed by atoms with Crippen LogP contribution in [0.4, 0.5) is 0 Å². The molecule has 1 amide bonds. The molecule has 1 saturated heterocycles. The zero-order chi connectivity index (χ0) is 11.3. The largest absolute Gasteiger partial charge is 0.377 e. The maximum Gasteiger partial charge on any atom is 0.236 e. The van der Waals surface area contributed by atoms with Gasteiger partial charge in [0.05, 0.1) is 31.3 Å². The third kappa shape index (κ3) is 4.59. The normalized spacial score (nSPS) is 31.3. The van der Waals surface area contributed by atoms with Crippen LogP contribution >= 0.6 is 0 Å². The summed E-state index contributed by atoms with van der Waals surface area (Å²) in [7, 11) is 0. The van der Waals surface area contributed by atoms with Gasteiger partial charge in [0.25, 0.3) is 0 Å². The van der Waals surface area contributed by atoms with E-state index in [1.165, 1.54) is 0 Å². The standard InChI is InChI=1S/C10H20N2O3/c1-7-5-9(6-8(2)15-7)14-4-3-10(13)12-11/h7-9H,3-6,11H2,1-2H3,(H,12,13). The Bertz CT molecular complexity index is 201. The minimum Gasteiger partial charge on any atom is -0.377 e. The minimum atomic E-state index is -0.192. The van der Waals surface area contributed by atoms with Gasteiger partial charge in [-0.25, -0.2) is 5.84 Å². The Kier molecular flexibility index (Phi) is 5.01. The molecule has 5 heteroatoms. The lowest BCUT2D eigenvalue weighted by Gasteiger charge is -2.31. The van der Waals surface area contributed by atoms with Crippen LogP contribution in [-0.4, -0.2) is 30.8 Å². The summed E-state index contributed by atoms with van der Waals surface area (Å²) in [6, 6.07) is 0. The van der Waals surface area contributed by atoms with Crippen molar-refractivity contribution >= 4 is 5.91 Å². The number of nitrogens with one attached hydrogen (secondary N) is 1. The Morgan fingerprint density at radius 1 is 1.47 bits per heavy atom. The number of hydrazine groups is 1. The number of amides is 1. The van der Waals surface area contributed by atoms with Crippen molar-refractivity contribution in [3.05, 3.63) is 0 Å². The summed E-state index contributed by atoms with van der Waals surface area (Å²) in [5.74, 6) is 4.77. The molecule has 0 bridgehead atoms. The fourth-order valence-corrected chi connectivity index (χ4v) is 1.87. The van der Waals surface area contributed by atoms with Gasteiger partial charge < -0.3 is 9.47 Å².